The van der Waals surface area contributed by atoms with Gasteiger partial charge in [0.25, 0.3) is 0 Å². The highest BCUT2D eigenvalue weighted by Crippen LogP contribution is 2.37. The van der Waals surface area contributed by atoms with Gasteiger partial charge in [-0.2, -0.15) is 0 Å². The summed E-state index contributed by atoms with van der Waals surface area (Å²) in [5.41, 5.74) is 2.18. The summed E-state index contributed by atoms with van der Waals surface area (Å²) in [7, 11) is 1.35. The molecular formula is C26H37NO5. The first-order valence-electron chi connectivity index (χ1n) is 11.7. The Bertz CT molecular complexity index is 785. The van der Waals surface area contributed by atoms with Crippen LogP contribution in [-0.2, 0) is 24.4 Å². The molecule has 2 fully saturated rings. The Hall–Kier alpha value is -2.34. The molecule has 0 spiro atoms. The van der Waals surface area contributed by atoms with Gasteiger partial charge in [0.2, 0.25) is 0 Å². The van der Waals surface area contributed by atoms with Gasteiger partial charge in [0.15, 0.2) is 0 Å². The van der Waals surface area contributed by atoms with Crippen LogP contribution in [0.3, 0.4) is 0 Å². The quantitative estimate of drug-likeness (QED) is 0.450. The predicted octanol–water partition coefficient (Wildman–Crippen LogP) is 4.73. The number of benzene rings is 1. The molecule has 0 radical (unpaired) electrons. The third-order valence-corrected chi connectivity index (χ3v) is 7.03. The maximum Gasteiger partial charge on any atom is 0.410 e. The zero-order valence-corrected chi connectivity index (χ0v) is 19.7. The average Bonchev–Trinajstić information content (AvgIpc) is 2.79. The SMILES string of the molecule is C=C1CC(C)CC(C(C)OC(=O)N2CCC(COCC(=O)OC)(c3ccccc3)CC2)C1. The van der Waals surface area contributed by atoms with Crippen LogP contribution in [0.2, 0.25) is 0 Å². The van der Waals surface area contributed by atoms with Crippen LogP contribution in [-0.4, -0.2) is 56.5 Å². The summed E-state index contributed by atoms with van der Waals surface area (Å²) < 4.78 is 16.3. The van der Waals surface area contributed by atoms with Crippen LogP contribution in [0.1, 0.15) is 51.5 Å². The molecule has 0 bridgehead atoms. The second-order valence-corrected chi connectivity index (χ2v) is 9.55. The van der Waals surface area contributed by atoms with Crippen molar-refractivity contribution >= 4 is 12.1 Å². The lowest BCUT2D eigenvalue weighted by Crippen LogP contribution is -2.48. The van der Waals surface area contributed by atoms with Crippen LogP contribution in [0.5, 0.6) is 0 Å². The smallest absolute Gasteiger partial charge is 0.410 e. The molecule has 3 atom stereocenters. The van der Waals surface area contributed by atoms with Gasteiger partial charge in [-0.1, -0.05) is 49.4 Å². The summed E-state index contributed by atoms with van der Waals surface area (Å²) in [5, 5.41) is 0. The molecule has 3 unspecified atom stereocenters. The number of carbonyl (C=O) groups is 2. The molecule has 1 aliphatic carbocycles. The van der Waals surface area contributed by atoms with Gasteiger partial charge in [0.05, 0.1) is 13.7 Å². The van der Waals surface area contributed by atoms with Crippen molar-refractivity contribution in [3.8, 4) is 0 Å². The van der Waals surface area contributed by atoms with Gasteiger partial charge in [-0.3, -0.25) is 0 Å². The van der Waals surface area contributed by atoms with E-state index in [1.54, 1.807) is 4.90 Å². The van der Waals surface area contributed by atoms with Crippen molar-refractivity contribution in [2.75, 3.05) is 33.4 Å². The van der Waals surface area contributed by atoms with E-state index in [1.807, 2.05) is 25.1 Å². The van der Waals surface area contributed by atoms with E-state index in [2.05, 4.69) is 30.4 Å². The number of piperidine rings is 1. The lowest BCUT2D eigenvalue weighted by atomic mass is 9.73. The molecule has 1 saturated carbocycles. The van der Waals surface area contributed by atoms with Gasteiger partial charge in [0.1, 0.15) is 12.7 Å². The molecule has 1 heterocycles. The number of methoxy groups -OCH3 is 1. The number of rotatable bonds is 7. The van der Waals surface area contributed by atoms with E-state index in [9.17, 15) is 9.59 Å². The van der Waals surface area contributed by atoms with Crippen molar-refractivity contribution < 1.29 is 23.8 Å². The van der Waals surface area contributed by atoms with E-state index in [0.29, 0.717) is 31.5 Å². The van der Waals surface area contributed by atoms with Crippen molar-refractivity contribution in [2.24, 2.45) is 11.8 Å². The second-order valence-electron chi connectivity index (χ2n) is 9.55. The van der Waals surface area contributed by atoms with Gasteiger partial charge in [-0.15, -0.1) is 0 Å². The van der Waals surface area contributed by atoms with E-state index in [4.69, 9.17) is 9.47 Å². The zero-order valence-electron chi connectivity index (χ0n) is 19.7. The molecule has 3 rings (SSSR count). The van der Waals surface area contributed by atoms with E-state index in [1.165, 1.54) is 18.2 Å². The van der Waals surface area contributed by atoms with E-state index in [0.717, 1.165) is 32.1 Å². The van der Waals surface area contributed by atoms with Crippen LogP contribution in [0, 0.1) is 11.8 Å². The predicted molar refractivity (Wildman–Crippen MR) is 123 cm³/mol. The fourth-order valence-corrected chi connectivity index (χ4v) is 5.13. The monoisotopic (exact) mass is 443 g/mol. The molecule has 1 aliphatic heterocycles. The molecule has 1 amide bonds. The highest BCUT2D eigenvalue weighted by atomic mass is 16.6. The molecule has 32 heavy (non-hydrogen) atoms. The summed E-state index contributed by atoms with van der Waals surface area (Å²) in [6.45, 7) is 9.93. The molecular weight excluding hydrogens is 406 g/mol. The number of hydrogen-bond acceptors (Lipinski definition) is 5. The van der Waals surface area contributed by atoms with Gasteiger partial charge in [-0.25, -0.2) is 9.59 Å². The highest BCUT2D eigenvalue weighted by molar-refractivity contribution is 5.70. The first kappa shape index (κ1) is 24.3. The third kappa shape index (κ3) is 6.12. The van der Waals surface area contributed by atoms with Crippen molar-refractivity contribution in [1.82, 2.24) is 4.90 Å². The minimum Gasteiger partial charge on any atom is -0.467 e. The molecule has 176 valence electrons. The number of esters is 1. The second kappa shape index (κ2) is 11.0. The van der Waals surface area contributed by atoms with Gasteiger partial charge >= 0.3 is 12.1 Å². The minimum absolute atomic E-state index is 0.0700. The lowest BCUT2D eigenvalue weighted by Gasteiger charge is -2.42. The summed E-state index contributed by atoms with van der Waals surface area (Å²) in [4.78, 5) is 26.2. The van der Waals surface area contributed by atoms with Gasteiger partial charge in [-0.05, 0) is 56.4 Å². The average molecular weight is 444 g/mol. The van der Waals surface area contributed by atoms with Crippen LogP contribution in [0.25, 0.3) is 0 Å². The Morgan fingerprint density at radius 2 is 1.88 bits per heavy atom. The number of allylic oxidation sites excluding steroid dienone is 1. The largest absolute Gasteiger partial charge is 0.467 e. The first-order valence-corrected chi connectivity index (χ1v) is 11.7. The molecule has 6 heteroatoms. The molecule has 1 aromatic rings. The normalized spacial score (nSPS) is 24.0. The fourth-order valence-electron chi connectivity index (χ4n) is 5.13. The summed E-state index contributed by atoms with van der Waals surface area (Å²) in [6.07, 6.45) is 4.22. The fraction of sp³-hybridized carbons (Fsp3) is 0.615. The summed E-state index contributed by atoms with van der Waals surface area (Å²) >= 11 is 0. The lowest BCUT2D eigenvalue weighted by molar-refractivity contribution is -0.146. The number of ether oxygens (including phenoxy) is 3. The van der Waals surface area contributed by atoms with Crippen LogP contribution >= 0.6 is 0 Å². The van der Waals surface area contributed by atoms with Crippen molar-refractivity contribution in [3.63, 3.8) is 0 Å². The number of nitrogens with zero attached hydrogens (tertiary/aromatic N) is 1. The Labute approximate surface area is 191 Å². The summed E-state index contributed by atoms with van der Waals surface area (Å²) in [6, 6.07) is 10.2. The standard InChI is InChI=1S/C26H37NO5/c1-19-14-20(2)16-22(15-19)21(3)32-25(29)27-12-10-26(11-13-27,18-31-17-24(28)30-4)23-8-6-5-7-9-23/h5-9,20-22H,1,10-18H2,2-4H3. The number of carbonyl (C=O) groups excluding carboxylic acids is 2. The molecule has 2 aliphatic rings. The Kier molecular flexibility index (Phi) is 8.35. The minimum atomic E-state index is -0.386. The van der Waals surface area contributed by atoms with Crippen LogP contribution in [0.15, 0.2) is 42.5 Å². The zero-order chi connectivity index (χ0) is 23.1. The molecule has 0 N–H and O–H groups in total. The Morgan fingerprint density at radius 1 is 1.19 bits per heavy atom. The van der Waals surface area contributed by atoms with Gasteiger partial charge in [0, 0.05) is 18.5 Å². The Balaban J connectivity index is 1.59. The van der Waals surface area contributed by atoms with Crippen LogP contribution < -0.4 is 0 Å². The molecule has 6 nitrogen and oxygen atoms in total. The van der Waals surface area contributed by atoms with Crippen molar-refractivity contribution in [3.05, 3.63) is 48.0 Å². The van der Waals surface area contributed by atoms with E-state index < -0.39 is 0 Å². The number of amides is 1. The first-order chi connectivity index (χ1) is 15.3. The summed E-state index contributed by atoms with van der Waals surface area (Å²) in [5.74, 6) is 0.548. The maximum absolute atomic E-state index is 12.9. The molecule has 0 aromatic heterocycles. The van der Waals surface area contributed by atoms with Crippen molar-refractivity contribution in [1.29, 1.82) is 0 Å². The maximum atomic E-state index is 12.9. The molecule has 1 saturated heterocycles. The number of hydrogen-bond donors (Lipinski definition) is 0. The topological polar surface area (TPSA) is 65.1 Å². The van der Waals surface area contributed by atoms with E-state index >= 15 is 0 Å². The van der Waals surface area contributed by atoms with Crippen LogP contribution in [0.4, 0.5) is 4.79 Å². The van der Waals surface area contributed by atoms with Gasteiger partial charge < -0.3 is 19.1 Å². The molecule has 1 aromatic carbocycles. The number of likely N-dealkylation sites (tertiary alicyclic amines) is 1. The highest BCUT2D eigenvalue weighted by Gasteiger charge is 2.39. The van der Waals surface area contributed by atoms with Crippen molar-refractivity contribution in [2.45, 2.75) is 57.5 Å². The Morgan fingerprint density at radius 3 is 2.50 bits per heavy atom. The third-order valence-electron chi connectivity index (χ3n) is 7.03. The van der Waals surface area contributed by atoms with E-state index in [-0.39, 0.29) is 30.2 Å².